The van der Waals surface area contributed by atoms with Crippen LogP contribution in [0.5, 0.6) is 0 Å². The molecule has 3 nitrogen and oxygen atoms in total. The molecule has 0 N–H and O–H groups in total. The molecule has 0 unspecified atom stereocenters. The van der Waals surface area contributed by atoms with Crippen molar-refractivity contribution in [3.05, 3.63) is 0 Å². The van der Waals surface area contributed by atoms with E-state index < -0.39 is 0 Å². The van der Waals surface area contributed by atoms with Gasteiger partial charge >= 0.3 is 5.97 Å². The highest BCUT2D eigenvalue weighted by atomic mass is 16.6. The summed E-state index contributed by atoms with van der Waals surface area (Å²) in [6.07, 6.45) is 3.10. The summed E-state index contributed by atoms with van der Waals surface area (Å²) in [5.74, 6) is 0.584. The second kappa shape index (κ2) is 5.85. The normalized spacial score (nSPS) is 16.6. The lowest BCUT2D eigenvalue weighted by atomic mass is 10.2. The Hall–Kier alpha value is -0.570. The zero-order valence-corrected chi connectivity index (χ0v) is 12.0. The van der Waals surface area contributed by atoms with Crippen LogP contribution in [0.2, 0.25) is 0 Å². The van der Waals surface area contributed by atoms with Crippen LogP contribution in [0, 0.1) is 5.92 Å². The molecule has 0 atom stereocenters. The van der Waals surface area contributed by atoms with E-state index in [0.29, 0.717) is 12.3 Å². The Morgan fingerprint density at radius 1 is 1.35 bits per heavy atom. The fourth-order valence-corrected chi connectivity index (χ4v) is 1.96. The molecule has 0 aromatic rings. The van der Waals surface area contributed by atoms with E-state index in [1.807, 2.05) is 20.8 Å². The highest BCUT2D eigenvalue weighted by molar-refractivity contribution is 5.70. The predicted molar refractivity (Wildman–Crippen MR) is 69.9 cm³/mol. The third kappa shape index (κ3) is 6.67. The number of esters is 1. The summed E-state index contributed by atoms with van der Waals surface area (Å²) in [4.78, 5) is 14.1. The maximum absolute atomic E-state index is 11.6. The Morgan fingerprint density at radius 2 is 1.94 bits per heavy atom. The maximum Gasteiger partial charge on any atom is 0.307 e. The van der Waals surface area contributed by atoms with Gasteiger partial charge in [-0.3, -0.25) is 9.69 Å². The number of carbonyl (C=O) groups excluding carboxylic acids is 1. The van der Waals surface area contributed by atoms with E-state index in [2.05, 4.69) is 18.7 Å². The molecule has 0 aromatic carbocycles. The number of hydrogen-bond donors (Lipinski definition) is 0. The molecule has 0 amide bonds. The van der Waals surface area contributed by atoms with Crippen LogP contribution in [-0.2, 0) is 9.53 Å². The van der Waals surface area contributed by atoms with Crippen molar-refractivity contribution in [3.8, 4) is 0 Å². The van der Waals surface area contributed by atoms with Crippen LogP contribution < -0.4 is 0 Å². The molecule has 0 radical (unpaired) electrons. The van der Waals surface area contributed by atoms with Crippen molar-refractivity contribution in [2.24, 2.45) is 5.92 Å². The molecule has 0 heterocycles. The number of rotatable bonds is 6. The van der Waals surface area contributed by atoms with Gasteiger partial charge in [0, 0.05) is 19.1 Å². The first-order valence-electron chi connectivity index (χ1n) is 6.74. The Bertz CT molecular complexity index is 251. The summed E-state index contributed by atoms with van der Waals surface area (Å²) >= 11 is 0. The fraction of sp³-hybridized carbons (Fsp3) is 0.929. The summed E-state index contributed by atoms with van der Waals surface area (Å²) in [5, 5.41) is 0. The van der Waals surface area contributed by atoms with E-state index in [-0.39, 0.29) is 11.6 Å². The SMILES string of the molecule is CC(C)CN(CCC(=O)OC(C)(C)C)C1CC1. The number of nitrogens with zero attached hydrogens (tertiary/aromatic N) is 1. The summed E-state index contributed by atoms with van der Waals surface area (Å²) in [6, 6.07) is 0.722. The standard InChI is InChI=1S/C14H27NO2/c1-11(2)10-15(12-6-7-12)9-8-13(16)17-14(3,4)5/h11-12H,6-10H2,1-5H3. The molecule has 1 aliphatic rings. The predicted octanol–water partition coefficient (Wildman–Crippen LogP) is 2.84. The molecule has 3 heteroatoms. The molecular formula is C14H27NO2. The molecule has 0 spiro atoms. The zero-order chi connectivity index (χ0) is 13.1. The van der Waals surface area contributed by atoms with E-state index in [9.17, 15) is 4.79 Å². The van der Waals surface area contributed by atoms with Crippen LogP contribution >= 0.6 is 0 Å². The molecule has 0 aliphatic heterocycles. The van der Waals surface area contributed by atoms with Crippen molar-refractivity contribution in [3.63, 3.8) is 0 Å². The van der Waals surface area contributed by atoms with Gasteiger partial charge in [-0.1, -0.05) is 13.8 Å². The lowest BCUT2D eigenvalue weighted by molar-refractivity contribution is -0.155. The van der Waals surface area contributed by atoms with E-state index >= 15 is 0 Å². The second-order valence-electron chi connectivity index (χ2n) is 6.46. The van der Waals surface area contributed by atoms with Gasteiger partial charge in [-0.2, -0.15) is 0 Å². The minimum absolute atomic E-state index is 0.0769. The first-order valence-corrected chi connectivity index (χ1v) is 6.74. The van der Waals surface area contributed by atoms with Crippen molar-refractivity contribution >= 4 is 5.97 Å². The van der Waals surface area contributed by atoms with Gasteiger partial charge in [0.15, 0.2) is 0 Å². The van der Waals surface area contributed by atoms with Crippen LogP contribution in [0.4, 0.5) is 0 Å². The van der Waals surface area contributed by atoms with Gasteiger partial charge in [-0.05, 0) is 39.5 Å². The Morgan fingerprint density at radius 3 is 2.35 bits per heavy atom. The molecule has 0 aromatic heterocycles. The van der Waals surface area contributed by atoms with Gasteiger partial charge in [0.1, 0.15) is 5.60 Å². The maximum atomic E-state index is 11.6. The minimum atomic E-state index is -0.362. The first-order chi connectivity index (χ1) is 7.78. The van der Waals surface area contributed by atoms with Crippen molar-refractivity contribution in [1.82, 2.24) is 4.90 Å². The van der Waals surface area contributed by atoms with E-state index in [1.165, 1.54) is 12.8 Å². The lowest BCUT2D eigenvalue weighted by Gasteiger charge is -2.25. The summed E-state index contributed by atoms with van der Waals surface area (Å²) in [5.41, 5.74) is -0.362. The lowest BCUT2D eigenvalue weighted by Crippen LogP contribution is -2.33. The minimum Gasteiger partial charge on any atom is -0.460 e. The van der Waals surface area contributed by atoms with E-state index in [1.54, 1.807) is 0 Å². The molecule has 1 aliphatic carbocycles. The van der Waals surface area contributed by atoms with Crippen LogP contribution in [-0.4, -0.2) is 35.6 Å². The van der Waals surface area contributed by atoms with Crippen molar-refractivity contribution < 1.29 is 9.53 Å². The molecule has 0 saturated heterocycles. The topological polar surface area (TPSA) is 29.5 Å². The average molecular weight is 241 g/mol. The Balaban J connectivity index is 2.29. The summed E-state index contributed by atoms with van der Waals surface area (Å²) in [6.45, 7) is 12.1. The number of ether oxygens (including phenoxy) is 1. The largest absolute Gasteiger partial charge is 0.460 e. The van der Waals surface area contributed by atoms with Crippen molar-refractivity contribution in [2.45, 2.75) is 65.5 Å². The van der Waals surface area contributed by atoms with Gasteiger partial charge < -0.3 is 4.74 Å². The monoisotopic (exact) mass is 241 g/mol. The van der Waals surface area contributed by atoms with Gasteiger partial charge in [0.05, 0.1) is 6.42 Å². The molecule has 1 fully saturated rings. The van der Waals surface area contributed by atoms with Crippen LogP contribution in [0.15, 0.2) is 0 Å². The molecule has 17 heavy (non-hydrogen) atoms. The van der Waals surface area contributed by atoms with Crippen LogP contribution in [0.25, 0.3) is 0 Å². The van der Waals surface area contributed by atoms with Crippen LogP contribution in [0.3, 0.4) is 0 Å². The zero-order valence-electron chi connectivity index (χ0n) is 12.0. The van der Waals surface area contributed by atoms with Crippen LogP contribution in [0.1, 0.15) is 53.9 Å². The van der Waals surface area contributed by atoms with Gasteiger partial charge in [-0.15, -0.1) is 0 Å². The van der Waals surface area contributed by atoms with Crippen molar-refractivity contribution in [2.75, 3.05) is 13.1 Å². The van der Waals surface area contributed by atoms with Gasteiger partial charge in [0.2, 0.25) is 0 Å². The number of carbonyl (C=O) groups is 1. The summed E-state index contributed by atoms with van der Waals surface area (Å²) in [7, 11) is 0. The quantitative estimate of drug-likeness (QED) is 0.670. The molecule has 0 bridgehead atoms. The van der Waals surface area contributed by atoms with Crippen molar-refractivity contribution in [1.29, 1.82) is 0 Å². The number of hydrogen-bond acceptors (Lipinski definition) is 3. The highest BCUT2D eigenvalue weighted by Crippen LogP contribution is 2.27. The third-order valence-electron chi connectivity index (χ3n) is 2.69. The molecule has 1 saturated carbocycles. The average Bonchev–Trinajstić information content (AvgIpc) is 2.91. The second-order valence-corrected chi connectivity index (χ2v) is 6.46. The van der Waals surface area contributed by atoms with E-state index in [0.717, 1.165) is 19.1 Å². The van der Waals surface area contributed by atoms with Gasteiger partial charge in [-0.25, -0.2) is 0 Å². The van der Waals surface area contributed by atoms with E-state index in [4.69, 9.17) is 4.74 Å². The van der Waals surface area contributed by atoms with Gasteiger partial charge in [0.25, 0.3) is 0 Å². The molecule has 100 valence electrons. The first kappa shape index (κ1) is 14.5. The molecule has 1 rings (SSSR count). The Kier molecular flexibility index (Phi) is 4.99. The fourth-order valence-electron chi connectivity index (χ4n) is 1.96. The smallest absolute Gasteiger partial charge is 0.307 e. The summed E-state index contributed by atoms with van der Waals surface area (Å²) < 4.78 is 5.33. The third-order valence-corrected chi connectivity index (χ3v) is 2.69. The highest BCUT2D eigenvalue weighted by Gasteiger charge is 2.29. The Labute approximate surface area is 106 Å². The molecular weight excluding hydrogens is 214 g/mol.